The lowest BCUT2D eigenvalue weighted by Gasteiger charge is -2.36. The van der Waals surface area contributed by atoms with Crippen LogP contribution >= 0.6 is 0 Å². The monoisotopic (exact) mass is 357 g/mol. The van der Waals surface area contributed by atoms with Gasteiger partial charge >= 0.3 is 5.97 Å². The Morgan fingerprint density at radius 1 is 1.12 bits per heavy atom. The van der Waals surface area contributed by atoms with Crippen molar-refractivity contribution in [2.45, 2.75) is 45.8 Å². The van der Waals surface area contributed by atoms with Crippen molar-refractivity contribution in [3.05, 3.63) is 47.7 Å². The third-order valence-electron chi connectivity index (χ3n) is 4.83. The molecule has 25 heavy (non-hydrogen) atoms. The van der Waals surface area contributed by atoms with Crippen LogP contribution in [0.5, 0.6) is 5.75 Å². The van der Waals surface area contributed by atoms with Crippen LogP contribution in [0.4, 0.5) is 0 Å². The van der Waals surface area contributed by atoms with E-state index in [9.17, 15) is 4.79 Å². The van der Waals surface area contributed by atoms with Gasteiger partial charge in [0.1, 0.15) is 5.75 Å². The topological polar surface area (TPSA) is 48.4 Å². The van der Waals surface area contributed by atoms with E-state index in [0.29, 0.717) is 5.56 Å². The summed E-state index contributed by atoms with van der Waals surface area (Å²) in [5.41, 5.74) is 3.28. The lowest BCUT2D eigenvalue weighted by atomic mass is 10.0. The molecule has 0 bridgehead atoms. The molecule has 0 N–H and O–H groups in total. The van der Waals surface area contributed by atoms with E-state index in [2.05, 4.69) is 38.8 Å². The van der Waals surface area contributed by atoms with Crippen LogP contribution in [0.25, 0.3) is 11.3 Å². The highest BCUT2D eigenvalue weighted by molar-refractivity contribution is 6.74. The molecule has 0 saturated carbocycles. The zero-order valence-corrected chi connectivity index (χ0v) is 17.1. The minimum absolute atomic E-state index is 0.149. The summed E-state index contributed by atoms with van der Waals surface area (Å²) in [6, 6.07) is 9.43. The maximum atomic E-state index is 11.7. The van der Waals surface area contributed by atoms with E-state index in [1.165, 1.54) is 7.11 Å². The molecule has 0 spiro atoms. The van der Waals surface area contributed by atoms with E-state index in [1.807, 2.05) is 25.1 Å². The number of esters is 1. The number of pyridine rings is 1. The molecule has 0 amide bonds. The summed E-state index contributed by atoms with van der Waals surface area (Å²) in [6.07, 6.45) is 1.63. The highest BCUT2D eigenvalue weighted by Gasteiger charge is 2.39. The molecule has 1 heterocycles. The molecule has 2 aromatic rings. The number of carbonyl (C=O) groups is 1. The van der Waals surface area contributed by atoms with Crippen molar-refractivity contribution in [2.75, 3.05) is 7.11 Å². The molecular weight excluding hydrogens is 330 g/mol. The van der Waals surface area contributed by atoms with Gasteiger partial charge in [-0.3, -0.25) is 4.98 Å². The maximum absolute atomic E-state index is 11.7. The standard InChI is InChI=1S/C20H27NO3Si/c1-14-12-16(24-25(6,7)20(2,3)4)8-9-17(14)18-13-15(10-11-21-18)19(22)23-5/h8-13H,1-7H3. The van der Waals surface area contributed by atoms with E-state index in [4.69, 9.17) is 9.16 Å². The Hall–Kier alpha value is -2.14. The average molecular weight is 358 g/mol. The molecular formula is C20H27NO3Si. The number of aryl methyl sites for hydroxylation is 1. The van der Waals surface area contributed by atoms with Gasteiger partial charge in [0, 0.05) is 11.8 Å². The van der Waals surface area contributed by atoms with E-state index in [1.54, 1.807) is 18.3 Å². The molecule has 5 heteroatoms. The Bertz CT molecular complexity index is 779. The number of hydrogen-bond acceptors (Lipinski definition) is 4. The molecule has 0 atom stereocenters. The Morgan fingerprint density at radius 3 is 2.36 bits per heavy atom. The molecule has 2 rings (SSSR count). The number of benzene rings is 1. The predicted molar refractivity (Wildman–Crippen MR) is 104 cm³/mol. The van der Waals surface area contributed by atoms with Crippen LogP contribution in [0.2, 0.25) is 18.1 Å². The summed E-state index contributed by atoms with van der Waals surface area (Å²) in [7, 11) is -0.495. The molecule has 1 aromatic heterocycles. The Morgan fingerprint density at radius 2 is 1.80 bits per heavy atom. The quantitative estimate of drug-likeness (QED) is 0.555. The molecule has 0 unspecified atom stereocenters. The Kier molecular flexibility index (Phi) is 5.37. The summed E-state index contributed by atoms with van der Waals surface area (Å²) in [4.78, 5) is 16.1. The Balaban J connectivity index is 2.33. The van der Waals surface area contributed by atoms with Gasteiger partial charge in [0.25, 0.3) is 0 Å². The van der Waals surface area contributed by atoms with Gasteiger partial charge in [-0.2, -0.15) is 0 Å². The van der Waals surface area contributed by atoms with Crippen molar-refractivity contribution < 1.29 is 14.0 Å². The number of rotatable bonds is 4. The molecule has 0 aliphatic carbocycles. The van der Waals surface area contributed by atoms with Gasteiger partial charge in [-0.25, -0.2) is 4.79 Å². The van der Waals surface area contributed by atoms with Crippen LogP contribution in [0.1, 0.15) is 36.7 Å². The number of carbonyl (C=O) groups excluding carboxylic acids is 1. The molecule has 4 nitrogen and oxygen atoms in total. The molecule has 134 valence electrons. The van der Waals surface area contributed by atoms with Crippen molar-refractivity contribution in [2.24, 2.45) is 0 Å². The van der Waals surface area contributed by atoms with E-state index < -0.39 is 8.32 Å². The van der Waals surface area contributed by atoms with E-state index in [-0.39, 0.29) is 11.0 Å². The first kappa shape index (κ1) is 19.2. The van der Waals surface area contributed by atoms with E-state index in [0.717, 1.165) is 22.6 Å². The zero-order valence-electron chi connectivity index (χ0n) is 16.1. The van der Waals surface area contributed by atoms with Gasteiger partial charge in [0.15, 0.2) is 0 Å². The lowest BCUT2D eigenvalue weighted by Crippen LogP contribution is -2.43. The molecule has 0 saturated heterocycles. The minimum atomic E-state index is -1.87. The fourth-order valence-corrected chi connectivity index (χ4v) is 3.28. The van der Waals surface area contributed by atoms with Gasteiger partial charge in [-0.1, -0.05) is 20.8 Å². The highest BCUT2D eigenvalue weighted by Crippen LogP contribution is 2.38. The van der Waals surface area contributed by atoms with Gasteiger partial charge in [0.05, 0.1) is 18.4 Å². The summed E-state index contributed by atoms with van der Waals surface area (Å²) < 4.78 is 11.1. The summed E-state index contributed by atoms with van der Waals surface area (Å²) in [5, 5.41) is 0.149. The maximum Gasteiger partial charge on any atom is 0.337 e. The largest absolute Gasteiger partial charge is 0.543 e. The van der Waals surface area contributed by atoms with Crippen LogP contribution in [-0.4, -0.2) is 26.4 Å². The van der Waals surface area contributed by atoms with Crippen molar-refractivity contribution >= 4 is 14.3 Å². The Labute approximate surface area is 151 Å². The lowest BCUT2D eigenvalue weighted by molar-refractivity contribution is 0.0600. The van der Waals surface area contributed by atoms with Crippen LogP contribution in [-0.2, 0) is 4.74 Å². The van der Waals surface area contributed by atoms with Crippen molar-refractivity contribution in [3.63, 3.8) is 0 Å². The number of aromatic nitrogens is 1. The molecule has 0 fully saturated rings. The van der Waals surface area contributed by atoms with Crippen molar-refractivity contribution in [1.82, 2.24) is 4.98 Å². The summed E-state index contributed by atoms with van der Waals surface area (Å²) in [6.45, 7) is 13.2. The molecule has 0 aliphatic heterocycles. The van der Waals surface area contributed by atoms with Crippen LogP contribution in [0.15, 0.2) is 36.5 Å². The summed E-state index contributed by atoms with van der Waals surface area (Å²) >= 11 is 0. The number of hydrogen-bond donors (Lipinski definition) is 0. The second kappa shape index (κ2) is 7.00. The molecule has 0 radical (unpaired) electrons. The first-order chi connectivity index (χ1) is 11.5. The normalized spacial score (nSPS) is 12.0. The van der Waals surface area contributed by atoms with Crippen LogP contribution in [0, 0.1) is 6.92 Å². The SMILES string of the molecule is COC(=O)c1ccnc(-c2ccc(O[Si](C)(C)C(C)(C)C)cc2C)c1. The number of nitrogens with zero attached hydrogens (tertiary/aromatic N) is 1. The fourth-order valence-electron chi connectivity index (χ4n) is 2.26. The van der Waals surface area contributed by atoms with Crippen molar-refractivity contribution in [3.8, 4) is 17.0 Å². The van der Waals surface area contributed by atoms with Gasteiger partial charge in [0.2, 0.25) is 8.32 Å². The highest BCUT2D eigenvalue weighted by atomic mass is 28.4. The second-order valence-electron chi connectivity index (χ2n) is 7.76. The third-order valence-corrected chi connectivity index (χ3v) is 9.19. The second-order valence-corrected chi connectivity index (χ2v) is 12.5. The average Bonchev–Trinajstić information content (AvgIpc) is 2.53. The van der Waals surface area contributed by atoms with E-state index >= 15 is 0 Å². The summed E-state index contributed by atoms with van der Waals surface area (Å²) in [5.74, 6) is 0.524. The molecule has 0 aliphatic rings. The van der Waals surface area contributed by atoms with Gasteiger partial charge in [-0.15, -0.1) is 0 Å². The minimum Gasteiger partial charge on any atom is -0.543 e. The predicted octanol–water partition coefficient (Wildman–Crippen LogP) is 5.23. The first-order valence-electron chi connectivity index (χ1n) is 8.39. The molecule has 1 aromatic carbocycles. The smallest absolute Gasteiger partial charge is 0.337 e. The first-order valence-corrected chi connectivity index (χ1v) is 11.3. The number of ether oxygens (including phenoxy) is 1. The number of methoxy groups -OCH3 is 1. The van der Waals surface area contributed by atoms with Gasteiger partial charge in [-0.05, 0) is 61.0 Å². The van der Waals surface area contributed by atoms with Crippen LogP contribution in [0.3, 0.4) is 0 Å². The van der Waals surface area contributed by atoms with Gasteiger partial charge < -0.3 is 9.16 Å². The van der Waals surface area contributed by atoms with Crippen molar-refractivity contribution in [1.29, 1.82) is 0 Å². The van der Waals surface area contributed by atoms with Crippen LogP contribution < -0.4 is 4.43 Å². The zero-order chi connectivity index (χ0) is 18.8. The third kappa shape index (κ3) is 4.28. The fraction of sp³-hybridized carbons (Fsp3) is 0.400.